The van der Waals surface area contributed by atoms with Crippen molar-refractivity contribution < 1.29 is 67.8 Å². The monoisotopic (exact) mass is 342 g/mol. The molecule has 1 amide bonds. The standard InChI is InChI=1S/C15H18N2O2.Rb/c1-15(2)11(9-17(3)4)13(18)10-7-5-6-8-12(10)16-14(15)19;/h5-9H,1-4H3,(H,16,18,19);/q;+1/p-1/b11-9-;. The van der Waals surface area contributed by atoms with Gasteiger partial charge in [0.25, 0.3) is 0 Å². The summed E-state index contributed by atoms with van der Waals surface area (Å²) in [5, 5.41) is 4.08. The molecule has 20 heavy (non-hydrogen) atoms. The Bertz CT molecular complexity index is 577. The first-order chi connectivity index (χ1) is 8.84. The van der Waals surface area contributed by atoms with Crippen LogP contribution < -0.4 is 58.2 Å². The smallest absolute Gasteiger partial charge is 0.626 e. The summed E-state index contributed by atoms with van der Waals surface area (Å²) in [6.07, 6.45) is 1.71. The van der Waals surface area contributed by atoms with Gasteiger partial charge in [0.15, 0.2) is 5.78 Å². The van der Waals surface area contributed by atoms with E-state index < -0.39 is 5.41 Å². The minimum absolute atomic E-state index is 0. The van der Waals surface area contributed by atoms with E-state index in [0.29, 0.717) is 16.8 Å². The fourth-order valence-electron chi connectivity index (χ4n) is 2.03. The molecule has 1 heterocycles. The van der Waals surface area contributed by atoms with Gasteiger partial charge in [-0.1, -0.05) is 38.1 Å². The maximum absolute atomic E-state index is 12.6. The van der Waals surface area contributed by atoms with Crippen molar-refractivity contribution >= 4 is 17.4 Å². The third kappa shape index (κ3) is 3.30. The third-order valence-corrected chi connectivity index (χ3v) is 3.21. The van der Waals surface area contributed by atoms with Gasteiger partial charge in [0.05, 0.1) is 5.91 Å². The molecule has 0 aliphatic carbocycles. The number of hydrogen-bond donors (Lipinski definition) is 0. The molecule has 0 aromatic heterocycles. The molecular weight excluding hydrogens is 326 g/mol. The van der Waals surface area contributed by atoms with Crippen LogP contribution in [0.5, 0.6) is 0 Å². The van der Waals surface area contributed by atoms with Crippen LogP contribution in [0.25, 0.3) is 5.32 Å². The summed E-state index contributed by atoms with van der Waals surface area (Å²) < 4.78 is 0. The Morgan fingerprint density at radius 2 is 1.75 bits per heavy atom. The number of amides is 1. The van der Waals surface area contributed by atoms with E-state index in [1.807, 2.05) is 14.1 Å². The summed E-state index contributed by atoms with van der Waals surface area (Å²) in [5.74, 6) is -0.428. The molecule has 1 aliphatic heterocycles. The molecule has 0 radical (unpaired) electrons. The zero-order chi connectivity index (χ0) is 14.2. The van der Waals surface area contributed by atoms with Gasteiger partial charge < -0.3 is 15.0 Å². The van der Waals surface area contributed by atoms with E-state index in [2.05, 4.69) is 5.32 Å². The molecule has 0 unspecified atom stereocenters. The van der Waals surface area contributed by atoms with E-state index in [1.165, 1.54) is 0 Å². The fourth-order valence-corrected chi connectivity index (χ4v) is 2.03. The molecule has 4 nitrogen and oxygen atoms in total. The SMILES string of the molecule is CN(C)/C=C1/C(=O)c2ccccc2[N-]C(=O)C1(C)C.[Rb+]. The van der Waals surface area contributed by atoms with E-state index >= 15 is 0 Å². The fraction of sp³-hybridized carbons (Fsp3) is 0.333. The van der Waals surface area contributed by atoms with Crippen LogP contribution in [-0.4, -0.2) is 30.7 Å². The number of benzene rings is 1. The van der Waals surface area contributed by atoms with E-state index in [4.69, 9.17) is 0 Å². The molecule has 0 atom stereocenters. The van der Waals surface area contributed by atoms with E-state index in [-0.39, 0.29) is 69.9 Å². The van der Waals surface area contributed by atoms with Gasteiger partial charge in [0.1, 0.15) is 0 Å². The summed E-state index contributed by atoms with van der Waals surface area (Å²) >= 11 is 0. The molecule has 0 bridgehead atoms. The summed E-state index contributed by atoms with van der Waals surface area (Å²) in [5.41, 5.74) is 0.485. The van der Waals surface area contributed by atoms with Gasteiger partial charge in [-0.2, -0.15) is 0 Å². The molecule has 5 heteroatoms. The Kier molecular flexibility index (Phi) is 5.90. The number of para-hydroxylation sites is 1. The Balaban J connectivity index is 0.00000200. The summed E-state index contributed by atoms with van der Waals surface area (Å²) in [7, 11) is 3.66. The molecule has 1 aromatic carbocycles. The third-order valence-electron chi connectivity index (χ3n) is 3.21. The second-order valence-corrected chi connectivity index (χ2v) is 5.39. The predicted molar refractivity (Wildman–Crippen MR) is 74.3 cm³/mol. The topological polar surface area (TPSA) is 51.5 Å². The Morgan fingerprint density at radius 1 is 1.15 bits per heavy atom. The summed E-state index contributed by atoms with van der Waals surface area (Å²) in [4.78, 5) is 26.7. The van der Waals surface area contributed by atoms with Crippen molar-refractivity contribution in [1.29, 1.82) is 0 Å². The minimum Gasteiger partial charge on any atom is -0.626 e. The predicted octanol–water partition coefficient (Wildman–Crippen LogP) is -0.110. The quantitative estimate of drug-likeness (QED) is 0.669. The number of carbonyl (C=O) groups is 2. The zero-order valence-electron chi connectivity index (χ0n) is 12.6. The largest absolute Gasteiger partial charge is 1.00 e. The van der Waals surface area contributed by atoms with Crippen LogP contribution in [-0.2, 0) is 4.79 Å². The van der Waals surface area contributed by atoms with Crippen LogP contribution in [0.2, 0.25) is 0 Å². The average molecular weight is 343 g/mol. The maximum Gasteiger partial charge on any atom is 1.00 e. The van der Waals surface area contributed by atoms with E-state index in [9.17, 15) is 9.59 Å². The van der Waals surface area contributed by atoms with Gasteiger partial charge in [-0.3, -0.25) is 4.79 Å². The van der Waals surface area contributed by atoms with Gasteiger partial charge in [0, 0.05) is 36.8 Å². The number of fused-ring (bicyclic) bond motifs is 1. The molecule has 0 spiro atoms. The molecule has 0 saturated heterocycles. The Labute approximate surface area is 168 Å². The second kappa shape index (κ2) is 6.65. The van der Waals surface area contributed by atoms with Crippen molar-refractivity contribution in [1.82, 2.24) is 4.90 Å². The Morgan fingerprint density at radius 3 is 2.35 bits per heavy atom. The van der Waals surface area contributed by atoms with Crippen LogP contribution in [0.15, 0.2) is 36.0 Å². The number of rotatable bonds is 1. The number of Topliss-reactive ketones (excluding diaryl/α,β-unsaturated/α-hetero) is 1. The van der Waals surface area contributed by atoms with Crippen molar-refractivity contribution in [2.75, 3.05) is 14.1 Å². The van der Waals surface area contributed by atoms with Gasteiger partial charge in [-0.25, -0.2) is 0 Å². The van der Waals surface area contributed by atoms with Crippen molar-refractivity contribution in [2.45, 2.75) is 13.8 Å². The van der Waals surface area contributed by atoms with Crippen LogP contribution in [0.3, 0.4) is 0 Å². The normalized spacial score (nSPS) is 18.7. The summed E-state index contributed by atoms with van der Waals surface area (Å²) in [6, 6.07) is 6.96. The molecule has 1 aliphatic rings. The van der Waals surface area contributed by atoms with Crippen LogP contribution >= 0.6 is 0 Å². The van der Waals surface area contributed by atoms with Gasteiger partial charge >= 0.3 is 58.2 Å². The first-order valence-electron chi connectivity index (χ1n) is 6.12. The van der Waals surface area contributed by atoms with E-state index in [1.54, 1.807) is 49.2 Å². The van der Waals surface area contributed by atoms with Crippen molar-refractivity contribution in [3.05, 3.63) is 46.9 Å². The first kappa shape index (κ1) is 17.8. The summed E-state index contributed by atoms with van der Waals surface area (Å²) in [6.45, 7) is 3.47. The zero-order valence-corrected chi connectivity index (χ0v) is 17.5. The molecule has 0 N–H and O–H groups in total. The van der Waals surface area contributed by atoms with E-state index in [0.717, 1.165) is 0 Å². The minimum atomic E-state index is -0.916. The molecule has 1 aromatic rings. The molecular formula is C15H17N2O2Rb. The second-order valence-electron chi connectivity index (χ2n) is 5.39. The van der Waals surface area contributed by atoms with Gasteiger partial charge in [0.2, 0.25) is 0 Å². The van der Waals surface area contributed by atoms with Gasteiger partial charge in [-0.15, -0.1) is 5.69 Å². The molecule has 0 fully saturated rings. The number of carbonyl (C=O) groups excluding carboxylic acids is 2. The Hall–Kier alpha value is -0.295. The first-order valence-corrected chi connectivity index (χ1v) is 6.12. The van der Waals surface area contributed by atoms with Crippen molar-refractivity contribution in [2.24, 2.45) is 5.41 Å². The van der Waals surface area contributed by atoms with Gasteiger partial charge in [-0.05, 0) is 0 Å². The van der Waals surface area contributed by atoms with Crippen molar-refractivity contribution in [3.63, 3.8) is 0 Å². The number of hydrogen-bond acceptors (Lipinski definition) is 3. The van der Waals surface area contributed by atoms with Crippen LogP contribution in [0.1, 0.15) is 24.2 Å². The number of nitrogens with zero attached hydrogens (tertiary/aromatic N) is 2. The average Bonchev–Trinajstić information content (AvgIpc) is 2.40. The number of ketones is 1. The maximum atomic E-state index is 12.6. The molecule has 0 saturated carbocycles. The van der Waals surface area contributed by atoms with Crippen molar-refractivity contribution in [3.8, 4) is 0 Å². The van der Waals surface area contributed by atoms with Crippen LogP contribution in [0, 0.1) is 5.41 Å². The molecule has 2 rings (SSSR count). The van der Waals surface area contributed by atoms with Crippen LogP contribution in [0.4, 0.5) is 5.69 Å². The molecule has 100 valence electrons.